The average molecular weight is 414 g/mol. The molecule has 0 aliphatic carbocycles. The molecule has 0 atom stereocenters. The molecule has 0 radical (unpaired) electrons. The van der Waals surface area contributed by atoms with E-state index in [1.54, 1.807) is 22.8 Å². The molecule has 0 saturated carbocycles. The summed E-state index contributed by atoms with van der Waals surface area (Å²) in [5, 5.41) is 13.6. The van der Waals surface area contributed by atoms with Crippen LogP contribution in [0.4, 0.5) is 5.82 Å². The van der Waals surface area contributed by atoms with E-state index in [-0.39, 0.29) is 4.90 Å². The van der Waals surface area contributed by atoms with Gasteiger partial charge in [0.05, 0.1) is 16.8 Å². The summed E-state index contributed by atoms with van der Waals surface area (Å²) in [6.45, 7) is 0.477. The Morgan fingerprint density at radius 3 is 2.57 bits per heavy atom. The van der Waals surface area contributed by atoms with Crippen LogP contribution in [0.5, 0.6) is 0 Å². The van der Waals surface area contributed by atoms with Crippen molar-refractivity contribution in [2.75, 3.05) is 5.32 Å². The normalized spacial score (nSPS) is 11.6. The van der Waals surface area contributed by atoms with Crippen molar-refractivity contribution in [3.05, 3.63) is 77.4 Å². The second-order valence-corrected chi connectivity index (χ2v) is 8.18. The Balaban J connectivity index is 1.57. The molecule has 0 aliphatic heterocycles. The summed E-state index contributed by atoms with van der Waals surface area (Å²) in [5.74, 6) is 0.657. The third-order valence-corrected chi connectivity index (χ3v) is 5.37. The highest BCUT2D eigenvalue weighted by Crippen LogP contribution is 2.23. The van der Waals surface area contributed by atoms with Gasteiger partial charge in [-0.1, -0.05) is 35.9 Å². The van der Waals surface area contributed by atoms with Crippen molar-refractivity contribution in [1.29, 1.82) is 0 Å². The van der Waals surface area contributed by atoms with Gasteiger partial charge < -0.3 is 5.32 Å². The lowest BCUT2D eigenvalue weighted by atomic mass is 10.2. The van der Waals surface area contributed by atoms with Crippen LogP contribution in [0, 0.1) is 0 Å². The largest absolute Gasteiger partial charge is 0.365 e. The van der Waals surface area contributed by atoms with E-state index in [2.05, 4.69) is 15.4 Å². The Bertz CT molecular complexity index is 1250. The Morgan fingerprint density at radius 2 is 1.86 bits per heavy atom. The highest BCUT2D eigenvalue weighted by molar-refractivity contribution is 7.89. The first-order valence-electron chi connectivity index (χ1n) is 8.36. The highest BCUT2D eigenvalue weighted by atomic mass is 35.5. The lowest BCUT2D eigenvalue weighted by molar-refractivity contribution is 0.598. The Morgan fingerprint density at radius 1 is 1.07 bits per heavy atom. The number of fused-ring (bicyclic) bond motifs is 1. The van der Waals surface area contributed by atoms with Crippen LogP contribution in [0.25, 0.3) is 16.9 Å². The first kappa shape index (κ1) is 18.4. The van der Waals surface area contributed by atoms with Gasteiger partial charge in [0.1, 0.15) is 5.82 Å². The quantitative estimate of drug-likeness (QED) is 0.522. The number of hydrogen-bond donors (Lipinski definition) is 2. The van der Waals surface area contributed by atoms with Crippen LogP contribution >= 0.6 is 11.6 Å². The number of aromatic nitrogens is 3. The van der Waals surface area contributed by atoms with E-state index in [0.717, 1.165) is 22.5 Å². The smallest absolute Gasteiger partial charge is 0.238 e. The van der Waals surface area contributed by atoms with Gasteiger partial charge in [-0.15, -0.1) is 5.10 Å². The molecule has 0 spiro atoms. The molecule has 3 N–H and O–H groups in total. The van der Waals surface area contributed by atoms with Crippen molar-refractivity contribution in [1.82, 2.24) is 14.6 Å². The van der Waals surface area contributed by atoms with E-state index in [0.29, 0.717) is 17.4 Å². The van der Waals surface area contributed by atoms with Crippen LogP contribution in [0.3, 0.4) is 0 Å². The zero-order valence-electron chi connectivity index (χ0n) is 14.6. The molecule has 0 bridgehead atoms. The summed E-state index contributed by atoms with van der Waals surface area (Å²) in [5.41, 5.74) is 3.37. The molecule has 4 rings (SSSR count). The van der Waals surface area contributed by atoms with Gasteiger partial charge in [0.15, 0.2) is 5.65 Å². The minimum Gasteiger partial charge on any atom is -0.365 e. The maximum atomic E-state index is 11.3. The average Bonchev–Trinajstić information content (AvgIpc) is 3.09. The molecule has 142 valence electrons. The number of anilines is 1. The minimum atomic E-state index is -3.69. The molecular formula is C19H16ClN5O2S. The number of halogens is 1. The standard InChI is InChI=1S/C19H16ClN5O2S/c20-15-3-1-2-14(10-15)17-12-23-19-9-8-18(24-25(17)19)22-11-13-4-6-16(7-5-13)28(21,26)27/h1-10,12H,11H2,(H,22,24)(H2,21,26,27). The third-order valence-electron chi connectivity index (χ3n) is 4.21. The predicted octanol–water partition coefficient (Wildman–Crippen LogP) is 3.31. The number of benzene rings is 2. The van der Waals surface area contributed by atoms with Crippen molar-refractivity contribution in [3.63, 3.8) is 0 Å². The molecule has 0 unspecified atom stereocenters. The first-order chi connectivity index (χ1) is 13.4. The molecule has 2 aromatic carbocycles. The molecule has 0 fully saturated rings. The summed E-state index contributed by atoms with van der Waals surface area (Å²) in [7, 11) is -3.69. The number of hydrogen-bond acceptors (Lipinski definition) is 5. The molecule has 28 heavy (non-hydrogen) atoms. The highest BCUT2D eigenvalue weighted by Gasteiger charge is 2.09. The molecule has 0 amide bonds. The second-order valence-electron chi connectivity index (χ2n) is 6.18. The number of nitrogens with two attached hydrogens (primary N) is 1. The number of nitrogens with one attached hydrogen (secondary N) is 1. The molecule has 2 aromatic heterocycles. The number of nitrogens with zero attached hydrogens (tertiary/aromatic N) is 3. The summed E-state index contributed by atoms with van der Waals surface area (Å²) >= 11 is 6.09. The fourth-order valence-electron chi connectivity index (χ4n) is 2.80. The van der Waals surface area contributed by atoms with Crippen LogP contribution in [0.15, 0.2) is 71.8 Å². The monoisotopic (exact) mass is 413 g/mol. The fraction of sp³-hybridized carbons (Fsp3) is 0.0526. The van der Waals surface area contributed by atoms with Crippen LogP contribution in [-0.2, 0) is 16.6 Å². The van der Waals surface area contributed by atoms with Crippen LogP contribution < -0.4 is 10.5 Å². The van der Waals surface area contributed by atoms with Crippen molar-refractivity contribution >= 4 is 33.1 Å². The third kappa shape index (κ3) is 3.84. The molecule has 9 heteroatoms. The summed E-state index contributed by atoms with van der Waals surface area (Å²) in [6, 6.07) is 17.6. The lowest BCUT2D eigenvalue weighted by Crippen LogP contribution is -2.12. The van der Waals surface area contributed by atoms with E-state index in [1.165, 1.54) is 12.1 Å². The Hall–Kier alpha value is -2.94. The molecule has 2 heterocycles. The molecule has 7 nitrogen and oxygen atoms in total. The maximum absolute atomic E-state index is 11.3. The van der Waals surface area contributed by atoms with E-state index in [4.69, 9.17) is 16.7 Å². The van der Waals surface area contributed by atoms with Gasteiger partial charge in [0.25, 0.3) is 0 Å². The van der Waals surface area contributed by atoms with Gasteiger partial charge in [-0.25, -0.2) is 23.1 Å². The van der Waals surface area contributed by atoms with E-state index in [9.17, 15) is 8.42 Å². The molecule has 0 aliphatic rings. The Kier molecular flexibility index (Phi) is 4.76. The molecule has 0 saturated heterocycles. The van der Waals surface area contributed by atoms with E-state index < -0.39 is 10.0 Å². The van der Waals surface area contributed by atoms with Gasteiger partial charge in [-0.2, -0.15) is 0 Å². The molecular weight excluding hydrogens is 398 g/mol. The van der Waals surface area contributed by atoms with Crippen molar-refractivity contribution in [3.8, 4) is 11.3 Å². The van der Waals surface area contributed by atoms with Crippen LogP contribution in [0.2, 0.25) is 5.02 Å². The number of primary sulfonamides is 1. The van der Waals surface area contributed by atoms with Crippen molar-refractivity contribution in [2.24, 2.45) is 5.14 Å². The second kappa shape index (κ2) is 7.23. The van der Waals surface area contributed by atoms with Crippen molar-refractivity contribution in [2.45, 2.75) is 11.4 Å². The first-order valence-corrected chi connectivity index (χ1v) is 10.3. The van der Waals surface area contributed by atoms with Gasteiger partial charge in [-0.3, -0.25) is 0 Å². The van der Waals surface area contributed by atoms with Crippen LogP contribution in [0.1, 0.15) is 5.56 Å². The summed E-state index contributed by atoms with van der Waals surface area (Å²) < 4.78 is 24.4. The molecule has 4 aromatic rings. The van der Waals surface area contributed by atoms with Gasteiger partial charge >= 0.3 is 0 Å². The Labute approximate surface area is 166 Å². The van der Waals surface area contributed by atoms with Gasteiger partial charge in [0, 0.05) is 17.1 Å². The SMILES string of the molecule is NS(=O)(=O)c1ccc(CNc2ccc3ncc(-c4cccc(Cl)c4)n3n2)cc1. The summed E-state index contributed by atoms with van der Waals surface area (Å²) in [4.78, 5) is 4.46. The van der Waals surface area contributed by atoms with E-state index >= 15 is 0 Å². The number of sulfonamides is 1. The summed E-state index contributed by atoms with van der Waals surface area (Å²) in [6.07, 6.45) is 1.75. The zero-order chi connectivity index (χ0) is 19.7. The predicted molar refractivity (Wildman–Crippen MR) is 109 cm³/mol. The maximum Gasteiger partial charge on any atom is 0.238 e. The minimum absolute atomic E-state index is 0.0837. The topological polar surface area (TPSA) is 102 Å². The van der Waals surface area contributed by atoms with Gasteiger partial charge in [0.2, 0.25) is 10.0 Å². The van der Waals surface area contributed by atoms with E-state index in [1.807, 2.05) is 36.4 Å². The number of rotatable bonds is 5. The van der Waals surface area contributed by atoms with Gasteiger partial charge in [-0.05, 0) is 42.0 Å². The van der Waals surface area contributed by atoms with Crippen LogP contribution in [-0.4, -0.2) is 23.0 Å². The zero-order valence-corrected chi connectivity index (χ0v) is 16.2. The fourth-order valence-corrected chi connectivity index (χ4v) is 3.51. The van der Waals surface area contributed by atoms with Crippen molar-refractivity contribution < 1.29 is 8.42 Å². The lowest BCUT2D eigenvalue weighted by Gasteiger charge is -2.08. The number of imidazole rings is 1.